The maximum Gasteiger partial charge on any atom is 0.321 e. The summed E-state index contributed by atoms with van der Waals surface area (Å²) in [5, 5.41) is 7.30. The molecule has 0 spiro atoms. The first-order valence-corrected chi connectivity index (χ1v) is 11.8. The third kappa shape index (κ3) is 5.71. The molecule has 0 aliphatic heterocycles. The quantitative estimate of drug-likeness (QED) is 0.328. The van der Waals surface area contributed by atoms with E-state index in [9.17, 15) is 27.2 Å². The van der Waals surface area contributed by atoms with E-state index in [-0.39, 0.29) is 16.9 Å². The van der Waals surface area contributed by atoms with Crippen molar-refractivity contribution in [2.45, 2.75) is 38.8 Å². The van der Waals surface area contributed by atoms with Crippen molar-refractivity contribution in [3.05, 3.63) is 88.5 Å². The second kappa shape index (κ2) is 10.3. The normalized spacial score (nSPS) is 13.5. The number of rotatable bonds is 8. The number of carbonyl (C=O) groups is 1. The Morgan fingerprint density at radius 1 is 1.05 bits per heavy atom. The molecule has 4 aromatic rings. The van der Waals surface area contributed by atoms with Crippen molar-refractivity contribution >= 4 is 16.8 Å². The Hall–Kier alpha value is -4.15. The van der Waals surface area contributed by atoms with Crippen molar-refractivity contribution in [2.75, 3.05) is 0 Å². The summed E-state index contributed by atoms with van der Waals surface area (Å²) >= 11 is 0. The van der Waals surface area contributed by atoms with Crippen LogP contribution in [-0.2, 0) is 11.8 Å². The SMILES string of the molecule is CC(C)C(NC(=O)C(C)(F)F)[C@H](Oc1ccc2c(cnn2-c2ccc(=O)n(C)c2)c1)c1cc(F)cc(F)c1. The molecule has 0 aliphatic carbocycles. The molecule has 0 radical (unpaired) electrons. The van der Waals surface area contributed by atoms with Gasteiger partial charge < -0.3 is 14.6 Å². The lowest BCUT2D eigenvalue weighted by Gasteiger charge is -2.32. The van der Waals surface area contributed by atoms with E-state index in [0.717, 1.165) is 12.1 Å². The molecule has 2 aromatic carbocycles. The van der Waals surface area contributed by atoms with Crippen LogP contribution < -0.4 is 15.6 Å². The van der Waals surface area contributed by atoms with E-state index >= 15 is 0 Å². The number of fused-ring (bicyclic) bond motifs is 1. The van der Waals surface area contributed by atoms with Gasteiger partial charge in [-0.05, 0) is 42.3 Å². The highest BCUT2D eigenvalue weighted by molar-refractivity contribution is 5.83. The van der Waals surface area contributed by atoms with Gasteiger partial charge >= 0.3 is 5.92 Å². The number of amides is 1. The van der Waals surface area contributed by atoms with Crippen LogP contribution in [-0.4, -0.2) is 32.2 Å². The molecule has 1 N–H and O–H groups in total. The summed E-state index contributed by atoms with van der Waals surface area (Å²) in [4.78, 5) is 23.9. The van der Waals surface area contributed by atoms with Crippen molar-refractivity contribution in [1.82, 2.24) is 19.7 Å². The number of nitrogens with one attached hydrogen (secondary N) is 1. The van der Waals surface area contributed by atoms with Gasteiger partial charge in [0.15, 0.2) is 0 Å². The number of benzene rings is 2. The molecule has 1 amide bonds. The number of ether oxygens (including phenoxy) is 1. The number of nitrogens with zero attached hydrogens (tertiary/aromatic N) is 3. The van der Waals surface area contributed by atoms with Crippen molar-refractivity contribution in [1.29, 1.82) is 0 Å². The fraction of sp³-hybridized carbons (Fsp3) is 0.296. The monoisotopic (exact) mass is 530 g/mol. The fourth-order valence-corrected chi connectivity index (χ4v) is 4.10. The molecule has 11 heteroatoms. The lowest BCUT2D eigenvalue weighted by molar-refractivity contribution is -0.145. The maximum atomic E-state index is 14.1. The van der Waals surface area contributed by atoms with Crippen molar-refractivity contribution in [2.24, 2.45) is 13.0 Å². The van der Waals surface area contributed by atoms with E-state index in [0.29, 0.717) is 29.6 Å². The van der Waals surface area contributed by atoms with Crippen molar-refractivity contribution < 1.29 is 27.1 Å². The molecular weight excluding hydrogens is 504 g/mol. The molecule has 4 rings (SSSR count). The van der Waals surface area contributed by atoms with E-state index in [1.54, 1.807) is 62.2 Å². The Labute approximate surface area is 215 Å². The Morgan fingerprint density at radius 3 is 2.34 bits per heavy atom. The zero-order valence-electron chi connectivity index (χ0n) is 21.1. The molecule has 0 saturated heterocycles. The van der Waals surface area contributed by atoms with Crippen LogP contribution in [0.1, 0.15) is 32.4 Å². The van der Waals surface area contributed by atoms with Crippen LogP contribution in [0.15, 0.2) is 65.7 Å². The topological polar surface area (TPSA) is 78.2 Å². The summed E-state index contributed by atoms with van der Waals surface area (Å²) in [5.74, 6) is -7.14. The number of carbonyl (C=O) groups excluding carboxylic acids is 1. The lowest BCUT2D eigenvalue weighted by atomic mass is 9.92. The molecule has 200 valence electrons. The van der Waals surface area contributed by atoms with Crippen LogP contribution in [0.4, 0.5) is 17.6 Å². The minimum Gasteiger partial charge on any atom is -0.484 e. The number of aryl methyl sites for hydroxylation is 1. The molecule has 0 bridgehead atoms. The van der Waals surface area contributed by atoms with E-state index in [2.05, 4.69) is 10.4 Å². The molecule has 0 saturated carbocycles. The first kappa shape index (κ1) is 26.9. The smallest absolute Gasteiger partial charge is 0.321 e. The predicted molar refractivity (Wildman–Crippen MR) is 133 cm³/mol. The van der Waals surface area contributed by atoms with E-state index in [1.165, 1.54) is 10.6 Å². The molecule has 1 unspecified atom stereocenters. The van der Waals surface area contributed by atoms with Crippen LogP contribution in [0.5, 0.6) is 5.75 Å². The summed E-state index contributed by atoms with van der Waals surface area (Å²) in [6.07, 6.45) is 2.00. The van der Waals surface area contributed by atoms with Crippen LogP contribution in [0.25, 0.3) is 16.6 Å². The lowest BCUT2D eigenvalue weighted by Crippen LogP contribution is -2.49. The molecule has 38 heavy (non-hydrogen) atoms. The zero-order chi connectivity index (χ0) is 27.8. The molecular formula is C27H26F4N4O3. The largest absolute Gasteiger partial charge is 0.484 e. The molecule has 2 atom stereocenters. The zero-order valence-corrected chi connectivity index (χ0v) is 21.1. The van der Waals surface area contributed by atoms with E-state index in [1.807, 2.05) is 0 Å². The Balaban J connectivity index is 1.74. The minimum absolute atomic E-state index is 0.0296. The van der Waals surface area contributed by atoms with Gasteiger partial charge in [-0.15, -0.1) is 0 Å². The highest BCUT2D eigenvalue weighted by atomic mass is 19.3. The van der Waals surface area contributed by atoms with Crippen molar-refractivity contribution in [3.63, 3.8) is 0 Å². The van der Waals surface area contributed by atoms with Gasteiger partial charge in [-0.3, -0.25) is 9.59 Å². The van der Waals surface area contributed by atoms with E-state index in [4.69, 9.17) is 4.74 Å². The number of aromatic nitrogens is 3. The first-order chi connectivity index (χ1) is 17.8. The van der Waals surface area contributed by atoms with Gasteiger partial charge in [0.05, 0.1) is 23.4 Å². The summed E-state index contributed by atoms with van der Waals surface area (Å²) < 4.78 is 64.9. The first-order valence-electron chi connectivity index (χ1n) is 11.8. The number of hydrogen-bond donors (Lipinski definition) is 1. The molecule has 0 fully saturated rings. The molecule has 7 nitrogen and oxygen atoms in total. The Morgan fingerprint density at radius 2 is 1.74 bits per heavy atom. The van der Waals surface area contributed by atoms with Gasteiger partial charge in [-0.25, -0.2) is 13.5 Å². The molecule has 2 heterocycles. The molecule has 2 aromatic heterocycles. The number of pyridine rings is 1. The standard InChI is InChI=1S/C27H26F4N4O3/c1-15(2)24(33-26(37)27(3,30)31)25(16-9-18(28)12-19(29)10-16)38-21-6-7-22-17(11-21)13-32-35(22)20-5-8-23(36)34(4)14-20/h5-15,24-25H,1-4H3,(H,33,37)/t24?,25-/m1/s1. The number of alkyl halides is 2. The summed E-state index contributed by atoms with van der Waals surface area (Å²) in [7, 11) is 1.62. The predicted octanol–water partition coefficient (Wildman–Crippen LogP) is 4.92. The van der Waals surface area contributed by atoms with Gasteiger partial charge in [0.2, 0.25) is 5.56 Å². The van der Waals surface area contributed by atoms with Gasteiger partial charge in [0.1, 0.15) is 23.5 Å². The average molecular weight is 531 g/mol. The maximum absolute atomic E-state index is 14.1. The number of hydrogen-bond acceptors (Lipinski definition) is 4. The Kier molecular flexibility index (Phi) is 7.30. The molecule has 0 aliphatic rings. The van der Waals surface area contributed by atoms with Crippen LogP contribution in [0.3, 0.4) is 0 Å². The fourth-order valence-electron chi connectivity index (χ4n) is 4.10. The summed E-state index contributed by atoms with van der Waals surface area (Å²) in [6.45, 7) is 3.81. The average Bonchev–Trinajstić information content (AvgIpc) is 3.24. The second-order valence-electron chi connectivity index (χ2n) is 9.49. The van der Waals surface area contributed by atoms with Crippen LogP contribution >= 0.6 is 0 Å². The Bertz CT molecular complexity index is 1520. The van der Waals surface area contributed by atoms with Crippen LogP contribution in [0.2, 0.25) is 0 Å². The van der Waals surface area contributed by atoms with Gasteiger partial charge in [-0.2, -0.15) is 13.9 Å². The minimum atomic E-state index is -3.67. The van der Waals surface area contributed by atoms with Gasteiger partial charge in [0, 0.05) is 43.3 Å². The third-order valence-corrected chi connectivity index (χ3v) is 6.07. The van der Waals surface area contributed by atoms with Crippen molar-refractivity contribution in [3.8, 4) is 11.4 Å². The third-order valence-electron chi connectivity index (χ3n) is 6.07. The summed E-state index contributed by atoms with van der Waals surface area (Å²) in [6, 6.07) is 9.69. The van der Waals surface area contributed by atoms with Gasteiger partial charge in [-0.1, -0.05) is 13.8 Å². The van der Waals surface area contributed by atoms with E-state index < -0.39 is 41.5 Å². The summed E-state index contributed by atoms with van der Waals surface area (Å²) in [5.41, 5.74) is 1.19. The number of halogens is 4. The van der Waals surface area contributed by atoms with Gasteiger partial charge in [0.25, 0.3) is 5.91 Å². The highest BCUT2D eigenvalue weighted by Gasteiger charge is 2.38. The highest BCUT2D eigenvalue weighted by Crippen LogP contribution is 2.32. The van der Waals surface area contributed by atoms with Crippen LogP contribution in [0, 0.1) is 17.6 Å². The second-order valence-corrected chi connectivity index (χ2v) is 9.49.